The van der Waals surface area contributed by atoms with E-state index < -0.39 is 5.97 Å². The third-order valence-corrected chi connectivity index (χ3v) is 3.32. The average Bonchev–Trinajstić information content (AvgIpc) is 2.45. The first-order valence-electron chi connectivity index (χ1n) is 5.98. The summed E-state index contributed by atoms with van der Waals surface area (Å²) in [5.41, 5.74) is 1.28. The first-order chi connectivity index (χ1) is 10.1. The van der Waals surface area contributed by atoms with Gasteiger partial charge in [-0.15, -0.1) is 0 Å². The summed E-state index contributed by atoms with van der Waals surface area (Å²) in [5.74, 6) is -0.578. The molecule has 0 atom stereocenters. The number of carboxylic acid groups (broad SMARTS) is 1. The van der Waals surface area contributed by atoms with E-state index in [1.165, 1.54) is 12.3 Å². The van der Waals surface area contributed by atoms with Gasteiger partial charge in [-0.2, -0.15) is 0 Å². The summed E-state index contributed by atoms with van der Waals surface area (Å²) in [7, 11) is 0. The van der Waals surface area contributed by atoms with Crippen molar-refractivity contribution in [1.29, 1.82) is 0 Å². The van der Waals surface area contributed by atoms with Crippen molar-refractivity contribution in [1.82, 2.24) is 4.98 Å². The van der Waals surface area contributed by atoms with Crippen LogP contribution in [-0.2, 0) is 11.4 Å². The van der Waals surface area contributed by atoms with E-state index in [-0.39, 0.29) is 6.61 Å². The second kappa shape index (κ2) is 7.11. The summed E-state index contributed by atoms with van der Waals surface area (Å²) in [6.07, 6.45) is 5.55. The van der Waals surface area contributed by atoms with Gasteiger partial charge in [-0.25, -0.2) is 4.79 Å². The van der Waals surface area contributed by atoms with Crippen LogP contribution in [0, 0.1) is 0 Å². The molecule has 0 saturated carbocycles. The normalized spacial score (nSPS) is 10.8. The molecular formula is C15H11Cl2NO3. The fraction of sp³-hybridized carbons (Fsp3) is 0.0667. The van der Waals surface area contributed by atoms with Crippen molar-refractivity contribution >= 4 is 35.2 Å². The van der Waals surface area contributed by atoms with Gasteiger partial charge in [0.1, 0.15) is 12.4 Å². The number of halogens is 2. The van der Waals surface area contributed by atoms with Crippen molar-refractivity contribution in [2.75, 3.05) is 0 Å². The van der Waals surface area contributed by atoms with Crippen LogP contribution in [0.25, 0.3) is 6.08 Å². The molecule has 108 valence electrons. The molecule has 21 heavy (non-hydrogen) atoms. The number of nitrogens with zero attached hydrogens (tertiary/aromatic N) is 1. The number of aliphatic carboxylic acids is 1. The van der Waals surface area contributed by atoms with Crippen LogP contribution in [0.1, 0.15) is 11.1 Å². The minimum atomic E-state index is -1.06. The summed E-state index contributed by atoms with van der Waals surface area (Å²) >= 11 is 12.1. The fourth-order valence-corrected chi connectivity index (χ4v) is 2.04. The second-order valence-corrected chi connectivity index (χ2v) is 4.89. The molecule has 1 N–H and O–H groups in total. The molecular weight excluding hydrogens is 313 g/mol. The lowest BCUT2D eigenvalue weighted by atomic mass is 10.2. The molecule has 0 unspecified atom stereocenters. The smallest absolute Gasteiger partial charge is 0.328 e. The van der Waals surface area contributed by atoms with Crippen molar-refractivity contribution < 1.29 is 14.6 Å². The van der Waals surface area contributed by atoms with E-state index in [2.05, 4.69) is 4.98 Å². The Bertz CT molecular complexity index is 686. The van der Waals surface area contributed by atoms with E-state index in [1.54, 1.807) is 30.5 Å². The highest BCUT2D eigenvalue weighted by molar-refractivity contribution is 6.32. The van der Waals surface area contributed by atoms with Crippen LogP contribution in [0.15, 0.2) is 42.7 Å². The number of aromatic nitrogens is 1. The number of carboxylic acids is 1. The van der Waals surface area contributed by atoms with Crippen LogP contribution < -0.4 is 4.74 Å². The van der Waals surface area contributed by atoms with E-state index >= 15 is 0 Å². The second-order valence-electron chi connectivity index (χ2n) is 4.08. The zero-order valence-electron chi connectivity index (χ0n) is 10.8. The first-order valence-corrected chi connectivity index (χ1v) is 6.74. The van der Waals surface area contributed by atoms with Crippen LogP contribution in [-0.4, -0.2) is 16.1 Å². The van der Waals surface area contributed by atoms with Gasteiger partial charge in [-0.3, -0.25) is 4.98 Å². The molecule has 0 radical (unpaired) electrons. The quantitative estimate of drug-likeness (QED) is 0.843. The van der Waals surface area contributed by atoms with Gasteiger partial charge in [0, 0.05) is 29.6 Å². The summed E-state index contributed by atoms with van der Waals surface area (Å²) in [6, 6.07) is 6.85. The molecule has 6 heteroatoms. The van der Waals surface area contributed by atoms with Gasteiger partial charge in [0.25, 0.3) is 0 Å². The molecule has 0 spiro atoms. The molecule has 0 aliphatic heterocycles. The Balaban J connectivity index is 2.22. The van der Waals surface area contributed by atoms with Gasteiger partial charge in [-0.05, 0) is 24.3 Å². The van der Waals surface area contributed by atoms with Crippen LogP contribution in [0.4, 0.5) is 0 Å². The van der Waals surface area contributed by atoms with Crippen LogP contribution >= 0.6 is 23.2 Å². The predicted octanol–water partition coefficient (Wildman–Crippen LogP) is 4.07. The Morgan fingerprint density at radius 3 is 2.81 bits per heavy atom. The van der Waals surface area contributed by atoms with E-state index in [9.17, 15) is 4.79 Å². The molecule has 0 fully saturated rings. The fourth-order valence-electron chi connectivity index (χ4n) is 1.64. The topological polar surface area (TPSA) is 59.4 Å². The Morgan fingerprint density at radius 1 is 1.29 bits per heavy atom. The lowest BCUT2D eigenvalue weighted by Crippen LogP contribution is -1.98. The van der Waals surface area contributed by atoms with Gasteiger partial charge < -0.3 is 9.84 Å². The molecule has 0 bridgehead atoms. The third kappa shape index (κ3) is 4.21. The lowest BCUT2D eigenvalue weighted by molar-refractivity contribution is -0.131. The highest BCUT2D eigenvalue weighted by Gasteiger charge is 2.07. The number of benzene rings is 1. The Kier molecular flexibility index (Phi) is 5.20. The van der Waals surface area contributed by atoms with Crippen LogP contribution in [0.3, 0.4) is 0 Å². The van der Waals surface area contributed by atoms with Gasteiger partial charge in [0.15, 0.2) is 0 Å². The molecule has 2 aromatic rings. The van der Waals surface area contributed by atoms with E-state index in [1.807, 2.05) is 0 Å². The number of rotatable bonds is 5. The van der Waals surface area contributed by atoms with E-state index in [4.69, 9.17) is 33.0 Å². The molecule has 0 amide bonds. The number of ether oxygens (including phenoxy) is 1. The third-order valence-electron chi connectivity index (χ3n) is 2.65. The zero-order chi connectivity index (χ0) is 15.2. The maximum absolute atomic E-state index is 10.6. The van der Waals surface area contributed by atoms with E-state index in [0.717, 1.165) is 11.6 Å². The van der Waals surface area contributed by atoms with Gasteiger partial charge in [0.05, 0.1) is 10.0 Å². The largest absolute Gasteiger partial charge is 0.488 e. The lowest BCUT2D eigenvalue weighted by Gasteiger charge is -2.11. The Labute approximate surface area is 131 Å². The van der Waals surface area contributed by atoms with Crippen molar-refractivity contribution in [3.8, 4) is 5.75 Å². The first kappa shape index (κ1) is 15.4. The maximum atomic E-state index is 10.6. The molecule has 0 aliphatic rings. The number of hydrogen-bond acceptors (Lipinski definition) is 3. The summed E-state index contributed by atoms with van der Waals surface area (Å²) in [4.78, 5) is 14.5. The Hall–Kier alpha value is -2.04. The van der Waals surface area contributed by atoms with Gasteiger partial charge in [-0.1, -0.05) is 29.3 Å². The number of hydrogen-bond donors (Lipinski definition) is 1. The molecule has 1 heterocycles. The number of carbonyl (C=O) groups is 1. The summed E-state index contributed by atoms with van der Waals surface area (Å²) in [5, 5.41) is 9.62. The average molecular weight is 324 g/mol. The maximum Gasteiger partial charge on any atom is 0.328 e. The van der Waals surface area contributed by atoms with Gasteiger partial charge >= 0.3 is 5.97 Å². The van der Waals surface area contributed by atoms with Crippen molar-refractivity contribution in [2.24, 2.45) is 0 Å². The Morgan fingerprint density at radius 2 is 2.10 bits per heavy atom. The van der Waals surface area contributed by atoms with Crippen molar-refractivity contribution in [2.45, 2.75) is 6.61 Å². The van der Waals surface area contributed by atoms with Crippen molar-refractivity contribution in [3.05, 3.63) is 63.9 Å². The van der Waals surface area contributed by atoms with Crippen LogP contribution in [0.5, 0.6) is 5.75 Å². The highest BCUT2D eigenvalue weighted by Crippen LogP contribution is 2.29. The van der Waals surface area contributed by atoms with Gasteiger partial charge in [0.2, 0.25) is 0 Å². The van der Waals surface area contributed by atoms with Crippen LogP contribution in [0.2, 0.25) is 10.0 Å². The summed E-state index contributed by atoms with van der Waals surface area (Å²) < 4.78 is 5.68. The van der Waals surface area contributed by atoms with Crippen molar-refractivity contribution in [3.63, 3.8) is 0 Å². The molecule has 1 aromatic carbocycles. The molecule has 1 aromatic heterocycles. The monoisotopic (exact) mass is 323 g/mol. The molecule has 4 nitrogen and oxygen atoms in total. The molecule has 2 rings (SSSR count). The predicted molar refractivity (Wildman–Crippen MR) is 81.7 cm³/mol. The minimum absolute atomic E-state index is 0.232. The molecule has 0 saturated heterocycles. The summed E-state index contributed by atoms with van der Waals surface area (Å²) in [6.45, 7) is 0.232. The standard InChI is InChI=1S/C15H11Cl2NO3/c16-12-2-1-3-14(11(12)4-5-15(19)20)21-9-10-6-7-18-8-13(10)17/h1-8H,9H2,(H,19,20)/b5-4+. The SMILES string of the molecule is O=C(O)/C=C/c1c(Cl)cccc1OCc1ccncc1Cl. The molecule has 0 aliphatic carbocycles. The highest BCUT2D eigenvalue weighted by atomic mass is 35.5. The van der Waals surface area contributed by atoms with E-state index in [0.29, 0.717) is 21.4 Å². The minimum Gasteiger partial charge on any atom is -0.488 e. The number of pyridine rings is 1. The zero-order valence-corrected chi connectivity index (χ0v) is 12.3.